The molecule has 0 fully saturated rings. The Morgan fingerprint density at radius 3 is 2.44 bits per heavy atom. The molecule has 0 aliphatic heterocycles. The second kappa shape index (κ2) is 8.59. The molecule has 100 valence electrons. The second-order valence-electron chi connectivity index (χ2n) is 3.18. The van der Waals surface area contributed by atoms with Gasteiger partial charge >= 0.3 is 0 Å². The van der Waals surface area contributed by atoms with Gasteiger partial charge in [-0.2, -0.15) is 0 Å². The van der Waals surface area contributed by atoms with Gasteiger partial charge in [-0.3, -0.25) is 0 Å². The topological polar surface area (TPSA) is 27.7 Å². The van der Waals surface area contributed by atoms with Crippen molar-refractivity contribution in [3.8, 4) is 0 Å². The number of hydrogen-bond donors (Lipinski definition) is 0. The zero-order valence-electron chi connectivity index (χ0n) is 10.6. The zero-order valence-corrected chi connectivity index (χ0v) is 13.3. The Labute approximate surface area is 118 Å². The van der Waals surface area contributed by atoms with E-state index in [0.29, 0.717) is 12.6 Å². The first-order valence-electron chi connectivity index (χ1n) is 5.45. The maximum Gasteiger partial charge on any atom is 0.294 e. The van der Waals surface area contributed by atoms with E-state index in [2.05, 4.69) is 0 Å². The van der Waals surface area contributed by atoms with Gasteiger partial charge in [-0.15, -0.1) is 0 Å². The summed E-state index contributed by atoms with van der Waals surface area (Å²) >= 11 is 6.76. The normalized spacial score (nSPS) is 13.7. The van der Waals surface area contributed by atoms with Gasteiger partial charge in [0, 0.05) is 7.11 Å². The van der Waals surface area contributed by atoms with E-state index in [0.717, 1.165) is 10.5 Å². The highest BCUT2D eigenvalue weighted by molar-refractivity contribution is 8.66. The minimum atomic E-state index is -1.37. The highest BCUT2D eigenvalue weighted by atomic mass is 32.9. The quantitative estimate of drug-likeness (QED) is 0.563. The molecule has 1 atom stereocenters. The van der Waals surface area contributed by atoms with Crippen LogP contribution < -0.4 is 0 Å². The summed E-state index contributed by atoms with van der Waals surface area (Å²) in [5.74, 6) is 0.498. The molecule has 3 nitrogen and oxygen atoms in total. The third kappa shape index (κ3) is 4.65. The lowest BCUT2D eigenvalue weighted by Gasteiger charge is -2.14. The maximum absolute atomic E-state index is 5.50. The van der Waals surface area contributed by atoms with Crippen molar-refractivity contribution < 1.29 is 14.0 Å². The summed E-state index contributed by atoms with van der Waals surface area (Å²) in [6, 6.07) is 9.91. The molecule has 0 N–H and O–H groups in total. The largest absolute Gasteiger partial charge is 0.468 e. The fourth-order valence-electron chi connectivity index (χ4n) is 1.28. The van der Waals surface area contributed by atoms with Crippen molar-refractivity contribution in [2.24, 2.45) is 0 Å². The Morgan fingerprint density at radius 1 is 1.28 bits per heavy atom. The van der Waals surface area contributed by atoms with Crippen LogP contribution in [-0.2, 0) is 25.8 Å². The van der Waals surface area contributed by atoms with Gasteiger partial charge in [0.05, 0.1) is 13.7 Å². The Hall–Kier alpha value is -0.480. The Balaban J connectivity index is 3.12. The monoisotopic (exact) mass is 304 g/mol. The van der Waals surface area contributed by atoms with Crippen LogP contribution in [0, 0.1) is 0 Å². The van der Waals surface area contributed by atoms with E-state index in [4.69, 9.17) is 25.8 Å². The second-order valence-corrected chi connectivity index (χ2v) is 8.31. The summed E-state index contributed by atoms with van der Waals surface area (Å²) in [7, 11) is 3.22. The molecule has 1 aromatic carbocycles. The number of methoxy groups -OCH3 is 1. The fraction of sp³-hybridized carbons (Fsp3) is 0.333. The predicted octanol–water partition coefficient (Wildman–Crippen LogP) is 3.88. The predicted molar refractivity (Wildman–Crippen MR) is 82.3 cm³/mol. The molecule has 0 bridgehead atoms. The third-order valence-corrected chi connectivity index (χ3v) is 6.00. The van der Waals surface area contributed by atoms with Gasteiger partial charge in [0.2, 0.25) is 0 Å². The van der Waals surface area contributed by atoms with Crippen LogP contribution in [0.3, 0.4) is 0 Å². The SMILES string of the molecule is CCOC(OC)=C(S[PH](=S)OC)c1ccccc1. The summed E-state index contributed by atoms with van der Waals surface area (Å²) in [5.41, 5.74) is 1.03. The molecular formula is C12H17O3PS2. The van der Waals surface area contributed by atoms with Crippen LogP contribution in [-0.4, -0.2) is 20.8 Å². The molecule has 0 saturated carbocycles. The standard InChI is InChI=1S/C12H17O3PS2/c1-4-15-12(13-2)11(18-16(17)14-3)10-8-6-5-7-9-10/h5-9,16H,4H2,1-3H3. The molecule has 0 aliphatic rings. The molecule has 1 unspecified atom stereocenters. The van der Waals surface area contributed by atoms with Crippen LogP contribution in [0.25, 0.3) is 4.91 Å². The van der Waals surface area contributed by atoms with Crippen molar-refractivity contribution in [3.05, 3.63) is 41.8 Å². The lowest BCUT2D eigenvalue weighted by atomic mass is 10.2. The van der Waals surface area contributed by atoms with Gasteiger partial charge in [-0.1, -0.05) is 53.5 Å². The average Bonchev–Trinajstić information content (AvgIpc) is 2.43. The molecule has 0 aromatic heterocycles. The van der Waals surface area contributed by atoms with Crippen molar-refractivity contribution in [2.45, 2.75) is 6.92 Å². The van der Waals surface area contributed by atoms with Crippen molar-refractivity contribution in [1.29, 1.82) is 0 Å². The van der Waals surface area contributed by atoms with E-state index in [1.807, 2.05) is 37.3 Å². The van der Waals surface area contributed by atoms with Crippen LogP contribution in [0.15, 0.2) is 36.3 Å². The molecule has 0 aliphatic carbocycles. The average molecular weight is 304 g/mol. The van der Waals surface area contributed by atoms with E-state index in [1.54, 1.807) is 14.2 Å². The number of ether oxygens (including phenoxy) is 2. The molecule has 1 rings (SSSR count). The number of benzene rings is 1. The summed E-state index contributed by atoms with van der Waals surface area (Å²) in [6.45, 7) is 2.47. The third-order valence-electron chi connectivity index (χ3n) is 2.03. The van der Waals surface area contributed by atoms with Crippen molar-refractivity contribution in [2.75, 3.05) is 20.8 Å². The number of hydrogen-bond acceptors (Lipinski definition) is 5. The Morgan fingerprint density at radius 2 is 1.94 bits per heavy atom. The minimum absolute atomic E-state index is 0.498. The van der Waals surface area contributed by atoms with Crippen molar-refractivity contribution in [3.63, 3.8) is 0 Å². The molecule has 0 saturated heterocycles. The summed E-state index contributed by atoms with van der Waals surface area (Å²) in [5, 5.41) is 0. The van der Waals surface area contributed by atoms with Gasteiger partial charge in [-0.05, 0) is 12.5 Å². The zero-order chi connectivity index (χ0) is 13.4. The smallest absolute Gasteiger partial charge is 0.294 e. The first-order valence-corrected chi connectivity index (χ1v) is 9.53. The molecule has 0 spiro atoms. The summed E-state index contributed by atoms with van der Waals surface area (Å²) in [4.78, 5) is 0.894. The van der Waals surface area contributed by atoms with Crippen LogP contribution in [0.1, 0.15) is 12.5 Å². The molecule has 1 aromatic rings. The van der Waals surface area contributed by atoms with Crippen molar-refractivity contribution in [1.82, 2.24) is 0 Å². The van der Waals surface area contributed by atoms with Crippen molar-refractivity contribution >= 4 is 34.2 Å². The van der Waals surface area contributed by atoms with Crippen LogP contribution in [0.2, 0.25) is 0 Å². The minimum Gasteiger partial charge on any atom is -0.468 e. The molecular weight excluding hydrogens is 287 g/mol. The summed E-state index contributed by atoms with van der Waals surface area (Å²) in [6.07, 6.45) is -1.37. The Kier molecular flexibility index (Phi) is 7.44. The van der Waals surface area contributed by atoms with Gasteiger partial charge in [0.25, 0.3) is 5.95 Å². The van der Waals surface area contributed by atoms with E-state index in [9.17, 15) is 0 Å². The first kappa shape index (κ1) is 15.6. The summed E-state index contributed by atoms with van der Waals surface area (Å²) < 4.78 is 16.0. The molecule has 0 amide bonds. The Bertz CT molecular complexity index is 421. The van der Waals surface area contributed by atoms with E-state index in [-0.39, 0.29) is 0 Å². The molecule has 18 heavy (non-hydrogen) atoms. The van der Waals surface area contributed by atoms with Crippen LogP contribution in [0.4, 0.5) is 0 Å². The van der Waals surface area contributed by atoms with E-state index in [1.165, 1.54) is 11.4 Å². The molecule has 0 heterocycles. The molecule has 0 radical (unpaired) electrons. The van der Waals surface area contributed by atoms with Gasteiger partial charge in [0.15, 0.2) is 0 Å². The lowest BCUT2D eigenvalue weighted by molar-refractivity contribution is 0.0727. The van der Waals surface area contributed by atoms with Crippen LogP contribution >= 0.6 is 17.5 Å². The van der Waals surface area contributed by atoms with E-state index < -0.39 is 6.13 Å². The molecule has 6 heteroatoms. The fourth-order valence-corrected chi connectivity index (χ4v) is 4.11. The van der Waals surface area contributed by atoms with E-state index >= 15 is 0 Å². The first-order chi connectivity index (χ1) is 8.72. The highest BCUT2D eigenvalue weighted by Gasteiger charge is 2.14. The lowest BCUT2D eigenvalue weighted by Crippen LogP contribution is -1.97. The number of rotatable bonds is 7. The van der Waals surface area contributed by atoms with Gasteiger partial charge in [0.1, 0.15) is 11.0 Å². The van der Waals surface area contributed by atoms with Gasteiger partial charge in [-0.25, -0.2) is 0 Å². The van der Waals surface area contributed by atoms with Gasteiger partial charge < -0.3 is 14.0 Å². The van der Waals surface area contributed by atoms with Crippen LogP contribution in [0.5, 0.6) is 0 Å². The highest BCUT2D eigenvalue weighted by Crippen LogP contribution is 2.49. The maximum atomic E-state index is 5.50.